The molecule has 0 fully saturated rings. The average molecular weight is 306 g/mol. The van der Waals surface area contributed by atoms with Crippen LogP contribution in [-0.2, 0) is 11.2 Å². The van der Waals surface area contributed by atoms with Gasteiger partial charge < -0.3 is 9.52 Å². The maximum absolute atomic E-state index is 13.2. The molecule has 108 valence electrons. The third-order valence-corrected chi connectivity index (χ3v) is 4.03. The van der Waals surface area contributed by atoms with E-state index in [2.05, 4.69) is 10.2 Å². The number of carbonyl (C=O) groups is 1. The number of thiophene rings is 1. The van der Waals surface area contributed by atoms with E-state index in [1.54, 1.807) is 6.07 Å². The Balaban J connectivity index is 1.79. The van der Waals surface area contributed by atoms with Gasteiger partial charge in [0.1, 0.15) is 5.82 Å². The fourth-order valence-corrected chi connectivity index (χ4v) is 2.96. The molecule has 1 aromatic carbocycles. The molecule has 0 aliphatic heterocycles. The molecule has 2 heterocycles. The number of hydrogen-bond donors (Lipinski definition) is 1. The Hall–Kier alpha value is -2.28. The summed E-state index contributed by atoms with van der Waals surface area (Å²) in [5.41, 5.74) is 0. The maximum Gasteiger partial charge on any atom is 0.303 e. The molecule has 0 saturated heterocycles. The third-order valence-electron chi connectivity index (χ3n) is 2.94. The first-order chi connectivity index (χ1) is 10.1. The number of carboxylic acid groups (broad SMARTS) is 1. The van der Waals surface area contributed by atoms with Gasteiger partial charge in [-0.2, -0.15) is 0 Å². The van der Waals surface area contributed by atoms with Crippen LogP contribution in [0, 0.1) is 5.82 Å². The van der Waals surface area contributed by atoms with Gasteiger partial charge in [0.2, 0.25) is 5.89 Å². The molecule has 0 saturated carbocycles. The number of rotatable bonds is 5. The first-order valence-electron chi connectivity index (χ1n) is 6.35. The van der Waals surface area contributed by atoms with Crippen molar-refractivity contribution in [2.75, 3.05) is 0 Å². The Bertz CT molecular complexity index is 796. The van der Waals surface area contributed by atoms with Crippen molar-refractivity contribution in [3.8, 4) is 10.8 Å². The lowest BCUT2D eigenvalue weighted by atomic mass is 10.2. The lowest BCUT2D eigenvalue weighted by Crippen LogP contribution is -1.95. The van der Waals surface area contributed by atoms with Crippen molar-refractivity contribution in [3.05, 3.63) is 36.0 Å². The zero-order chi connectivity index (χ0) is 14.8. The van der Waals surface area contributed by atoms with Gasteiger partial charge in [0.05, 0.1) is 4.88 Å². The largest absolute Gasteiger partial charge is 0.481 e. The van der Waals surface area contributed by atoms with Crippen LogP contribution in [0.25, 0.3) is 20.9 Å². The van der Waals surface area contributed by atoms with Crippen molar-refractivity contribution in [3.63, 3.8) is 0 Å². The number of aromatic nitrogens is 2. The fourth-order valence-electron chi connectivity index (χ4n) is 1.96. The van der Waals surface area contributed by atoms with Gasteiger partial charge in [0.25, 0.3) is 5.89 Å². The molecule has 0 bridgehead atoms. The van der Waals surface area contributed by atoms with Crippen LogP contribution in [0.4, 0.5) is 4.39 Å². The molecule has 0 aliphatic carbocycles. The van der Waals surface area contributed by atoms with E-state index in [-0.39, 0.29) is 12.2 Å². The second kappa shape index (κ2) is 5.61. The molecule has 3 rings (SSSR count). The number of aryl methyl sites for hydroxylation is 1. The molecule has 0 radical (unpaired) electrons. The minimum absolute atomic E-state index is 0.0693. The number of halogens is 1. The van der Waals surface area contributed by atoms with Crippen molar-refractivity contribution in [2.45, 2.75) is 19.3 Å². The van der Waals surface area contributed by atoms with E-state index >= 15 is 0 Å². The monoisotopic (exact) mass is 306 g/mol. The number of nitrogens with zero attached hydrogens (tertiary/aromatic N) is 2. The van der Waals surface area contributed by atoms with Crippen LogP contribution >= 0.6 is 11.3 Å². The third kappa shape index (κ3) is 3.08. The lowest BCUT2D eigenvalue weighted by Gasteiger charge is -1.91. The summed E-state index contributed by atoms with van der Waals surface area (Å²) in [5, 5.41) is 17.4. The quantitative estimate of drug-likeness (QED) is 0.780. The number of benzene rings is 1. The smallest absolute Gasteiger partial charge is 0.303 e. The second-order valence-corrected chi connectivity index (χ2v) is 5.62. The van der Waals surface area contributed by atoms with Gasteiger partial charge in [-0.3, -0.25) is 4.79 Å². The molecule has 0 spiro atoms. The first kappa shape index (κ1) is 13.7. The van der Waals surface area contributed by atoms with Crippen molar-refractivity contribution < 1.29 is 18.7 Å². The number of aliphatic carboxylic acids is 1. The predicted molar refractivity (Wildman–Crippen MR) is 75.6 cm³/mol. The van der Waals surface area contributed by atoms with E-state index in [9.17, 15) is 9.18 Å². The normalized spacial score (nSPS) is 11.1. The van der Waals surface area contributed by atoms with Crippen LogP contribution in [0.3, 0.4) is 0 Å². The van der Waals surface area contributed by atoms with Crippen molar-refractivity contribution in [2.24, 2.45) is 0 Å². The minimum Gasteiger partial charge on any atom is -0.481 e. The Morgan fingerprint density at radius 2 is 2.19 bits per heavy atom. The number of hydrogen-bond acceptors (Lipinski definition) is 5. The van der Waals surface area contributed by atoms with E-state index in [4.69, 9.17) is 9.52 Å². The Morgan fingerprint density at radius 1 is 1.33 bits per heavy atom. The summed E-state index contributed by atoms with van der Waals surface area (Å²) in [7, 11) is 0. The van der Waals surface area contributed by atoms with Crippen LogP contribution < -0.4 is 0 Å². The summed E-state index contributed by atoms with van der Waals surface area (Å²) in [6.07, 6.45) is 0.952. The Labute approximate surface area is 123 Å². The zero-order valence-corrected chi connectivity index (χ0v) is 11.7. The standard InChI is InChI=1S/C14H11FN2O3S/c15-9-5-4-8-6-11(21-10(8)7-9)14-17-16-12(20-14)2-1-3-13(18)19/h4-7H,1-3H2,(H,18,19). The minimum atomic E-state index is -0.846. The van der Waals surface area contributed by atoms with E-state index < -0.39 is 5.97 Å². The van der Waals surface area contributed by atoms with Gasteiger partial charge in [-0.1, -0.05) is 6.07 Å². The van der Waals surface area contributed by atoms with Gasteiger partial charge in [-0.15, -0.1) is 21.5 Å². The molecule has 7 heteroatoms. The molecule has 21 heavy (non-hydrogen) atoms. The molecule has 0 amide bonds. The highest BCUT2D eigenvalue weighted by Crippen LogP contribution is 2.33. The number of carboxylic acids is 1. The molecule has 1 N–H and O–H groups in total. The van der Waals surface area contributed by atoms with Crippen molar-refractivity contribution in [1.29, 1.82) is 0 Å². The fraction of sp³-hybridized carbons (Fsp3) is 0.214. The average Bonchev–Trinajstić information content (AvgIpc) is 3.03. The maximum atomic E-state index is 13.2. The van der Waals surface area contributed by atoms with E-state index in [1.807, 2.05) is 6.07 Å². The zero-order valence-electron chi connectivity index (χ0n) is 10.9. The molecule has 0 unspecified atom stereocenters. The molecule has 0 aliphatic rings. The van der Waals surface area contributed by atoms with Gasteiger partial charge in [0.15, 0.2) is 0 Å². The molecular formula is C14H11FN2O3S. The molecule has 2 aromatic heterocycles. The van der Waals surface area contributed by atoms with Gasteiger partial charge in [0, 0.05) is 17.5 Å². The van der Waals surface area contributed by atoms with Crippen molar-refractivity contribution >= 4 is 27.4 Å². The lowest BCUT2D eigenvalue weighted by molar-refractivity contribution is -0.137. The van der Waals surface area contributed by atoms with Crippen LogP contribution in [0.2, 0.25) is 0 Å². The van der Waals surface area contributed by atoms with Gasteiger partial charge >= 0.3 is 5.97 Å². The van der Waals surface area contributed by atoms with Gasteiger partial charge in [-0.05, 0) is 30.0 Å². The van der Waals surface area contributed by atoms with Crippen molar-refractivity contribution in [1.82, 2.24) is 10.2 Å². The molecule has 3 aromatic rings. The summed E-state index contributed by atoms with van der Waals surface area (Å²) in [6.45, 7) is 0. The summed E-state index contributed by atoms with van der Waals surface area (Å²) in [5.74, 6) is -0.339. The summed E-state index contributed by atoms with van der Waals surface area (Å²) in [6, 6.07) is 6.44. The second-order valence-electron chi connectivity index (χ2n) is 4.54. The number of fused-ring (bicyclic) bond motifs is 1. The Kier molecular flexibility index (Phi) is 3.66. The van der Waals surface area contributed by atoms with Gasteiger partial charge in [-0.25, -0.2) is 4.39 Å². The topological polar surface area (TPSA) is 76.2 Å². The molecule has 5 nitrogen and oxygen atoms in total. The summed E-state index contributed by atoms with van der Waals surface area (Å²) >= 11 is 1.38. The first-order valence-corrected chi connectivity index (χ1v) is 7.17. The van der Waals surface area contributed by atoms with E-state index in [1.165, 1.54) is 23.5 Å². The Morgan fingerprint density at radius 3 is 3.00 bits per heavy atom. The van der Waals surface area contributed by atoms with Crippen LogP contribution in [0.5, 0.6) is 0 Å². The summed E-state index contributed by atoms with van der Waals surface area (Å²) in [4.78, 5) is 11.2. The van der Waals surface area contributed by atoms with E-state index in [0.717, 1.165) is 15.0 Å². The highest BCUT2D eigenvalue weighted by Gasteiger charge is 2.12. The van der Waals surface area contributed by atoms with Crippen LogP contribution in [0.1, 0.15) is 18.7 Å². The SMILES string of the molecule is O=C(O)CCCc1nnc(-c2cc3ccc(F)cc3s2)o1. The van der Waals surface area contributed by atoms with Crippen LogP contribution in [0.15, 0.2) is 28.7 Å². The predicted octanol–water partition coefficient (Wildman–Crippen LogP) is 3.50. The highest BCUT2D eigenvalue weighted by atomic mass is 32.1. The molecule has 0 atom stereocenters. The van der Waals surface area contributed by atoms with E-state index in [0.29, 0.717) is 24.6 Å². The highest BCUT2D eigenvalue weighted by molar-refractivity contribution is 7.22. The summed E-state index contributed by atoms with van der Waals surface area (Å²) < 4.78 is 19.5. The van der Waals surface area contributed by atoms with Crippen LogP contribution in [-0.4, -0.2) is 21.3 Å². The molecular weight excluding hydrogens is 295 g/mol.